The molecule has 0 saturated carbocycles. The molecule has 0 bridgehead atoms. The summed E-state index contributed by atoms with van der Waals surface area (Å²) < 4.78 is 8.45. The van der Waals surface area contributed by atoms with E-state index >= 15 is 0 Å². The highest BCUT2D eigenvalue weighted by Gasteiger charge is 2.26. The van der Waals surface area contributed by atoms with E-state index in [0.29, 0.717) is 0 Å². The van der Waals surface area contributed by atoms with Gasteiger partial charge in [-0.05, 0) is 23.3 Å². The second-order valence-electron chi connectivity index (χ2n) is 4.84. The van der Waals surface area contributed by atoms with Gasteiger partial charge in [0.2, 0.25) is 0 Å². The maximum absolute atomic E-state index is 6.30. The summed E-state index contributed by atoms with van der Waals surface area (Å²) in [6, 6.07) is 16.5. The fourth-order valence-corrected chi connectivity index (χ4v) is 3.23. The largest absolute Gasteiger partial charge is 0.363 e. The minimum atomic E-state index is -0.0618. The van der Waals surface area contributed by atoms with Crippen molar-refractivity contribution in [2.24, 2.45) is 0 Å². The van der Waals surface area contributed by atoms with Crippen LogP contribution >= 0.6 is 44.3 Å². The summed E-state index contributed by atoms with van der Waals surface area (Å²) in [5.41, 5.74) is 2.32. The summed E-state index contributed by atoms with van der Waals surface area (Å²) in [4.78, 5) is 0. The first-order chi connectivity index (χ1) is 9.75. The van der Waals surface area contributed by atoms with E-state index in [2.05, 4.69) is 61.4 Å². The minimum absolute atomic E-state index is 0. The molecule has 2 nitrogen and oxygen atoms in total. The minimum Gasteiger partial charge on any atom is -0.363 e. The van der Waals surface area contributed by atoms with E-state index in [1.807, 2.05) is 24.3 Å². The zero-order valence-electron chi connectivity index (χ0n) is 11.3. The normalized spacial score (nSPS) is 14.6. The quantitative estimate of drug-likeness (QED) is 0.754. The van der Waals surface area contributed by atoms with Crippen LogP contribution in [0.15, 0.2) is 57.5 Å². The van der Waals surface area contributed by atoms with Crippen molar-refractivity contribution in [2.45, 2.75) is 12.2 Å². The molecule has 1 aliphatic rings. The monoisotopic (exact) mass is 431 g/mol. The van der Waals surface area contributed by atoms with E-state index in [1.165, 1.54) is 0 Å². The third kappa shape index (κ3) is 3.88. The highest BCUT2D eigenvalue weighted by molar-refractivity contribution is 9.10. The first kappa shape index (κ1) is 17.0. The van der Waals surface area contributed by atoms with Crippen LogP contribution in [0.2, 0.25) is 0 Å². The molecular weight excluding hydrogens is 417 g/mol. The lowest BCUT2D eigenvalue weighted by molar-refractivity contribution is -0.0207. The zero-order chi connectivity index (χ0) is 13.9. The molecule has 3 rings (SSSR count). The fourth-order valence-electron chi connectivity index (χ4n) is 2.24. The number of ether oxygens (including phenoxy) is 1. The average molecular weight is 434 g/mol. The number of benzene rings is 2. The predicted octanol–water partition coefficient (Wildman–Crippen LogP) is 4.71. The van der Waals surface area contributed by atoms with Crippen molar-refractivity contribution >= 4 is 44.3 Å². The van der Waals surface area contributed by atoms with Crippen molar-refractivity contribution in [3.63, 3.8) is 0 Å². The van der Waals surface area contributed by atoms with Gasteiger partial charge in [-0.15, -0.1) is 12.4 Å². The van der Waals surface area contributed by atoms with Gasteiger partial charge in [-0.25, -0.2) is 0 Å². The van der Waals surface area contributed by atoms with E-state index in [4.69, 9.17) is 4.74 Å². The van der Waals surface area contributed by atoms with E-state index in [1.54, 1.807) is 0 Å². The smallest absolute Gasteiger partial charge is 0.110 e. The van der Waals surface area contributed by atoms with Gasteiger partial charge in [-0.1, -0.05) is 68.3 Å². The van der Waals surface area contributed by atoms with Crippen molar-refractivity contribution in [1.82, 2.24) is 5.32 Å². The topological polar surface area (TPSA) is 21.3 Å². The summed E-state index contributed by atoms with van der Waals surface area (Å²) >= 11 is 7.28. The van der Waals surface area contributed by atoms with Crippen molar-refractivity contribution in [2.75, 3.05) is 13.1 Å². The summed E-state index contributed by atoms with van der Waals surface area (Å²) in [6.07, 6.45) is 0.215. The summed E-state index contributed by atoms with van der Waals surface area (Å²) in [7, 11) is 0. The lowest BCUT2D eigenvalue weighted by atomic mass is 10.0. The lowest BCUT2D eigenvalue weighted by Gasteiger charge is -2.32. The van der Waals surface area contributed by atoms with E-state index in [9.17, 15) is 0 Å². The second kappa shape index (κ2) is 7.75. The van der Waals surface area contributed by atoms with E-state index in [-0.39, 0.29) is 24.6 Å². The van der Waals surface area contributed by atoms with Gasteiger partial charge in [-0.2, -0.15) is 0 Å². The Bertz CT molecular complexity index is 559. The highest BCUT2D eigenvalue weighted by Crippen LogP contribution is 2.36. The SMILES string of the molecule is Brc1ccccc1C(OC1CNC1)c1ccccc1Br.Cl. The molecule has 5 heteroatoms. The van der Waals surface area contributed by atoms with Gasteiger partial charge in [0.15, 0.2) is 0 Å². The van der Waals surface area contributed by atoms with Crippen LogP contribution in [0.5, 0.6) is 0 Å². The Morgan fingerprint density at radius 2 is 1.38 bits per heavy atom. The lowest BCUT2D eigenvalue weighted by Crippen LogP contribution is -2.49. The van der Waals surface area contributed by atoms with E-state index in [0.717, 1.165) is 33.2 Å². The molecule has 0 atom stereocenters. The molecule has 0 unspecified atom stereocenters. The van der Waals surface area contributed by atoms with Gasteiger partial charge in [0, 0.05) is 22.0 Å². The molecule has 2 aromatic carbocycles. The Labute approximate surface area is 147 Å². The fraction of sp³-hybridized carbons (Fsp3) is 0.250. The van der Waals surface area contributed by atoms with Gasteiger partial charge in [0.1, 0.15) is 6.10 Å². The van der Waals surface area contributed by atoms with Crippen LogP contribution in [0.3, 0.4) is 0 Å². The first-order valence-corrected chi connectivity index (χ1v) is 8.19. The second-order valence-corrected chi connectivity index (χ2v) is 6.55. The Morgan fingerprint density at radius 3 is 1.76 bits per heavy atom. The van der Waals surface area contributed by atoms with Crippen molar-refractivity contribution in [1.29, 1.82) is 0 Å². The number of hydrogen-bond donors (Lipinski definition) is 1. The molecule has 2 aromatic rings. The molecule has 1 N–H and O–H groups in total. The van der Waals surface area contributed by atoms with Gasteiger partial charge in [-0.3, -0.25) is 0 Å². The summed E-state index contributed by atoms with van der Waals surface area (Å²) in [6.45, 7) is 1.84. The number of nitrogens with one attached hydrogen (secondary N) is 1. The molecule has 0 aliphatic carbocycles. The third-order valence-corrected chi connectivity index (χ3v) is 4.89. The van der Waals surface area contributed by atoms with Crippen LogP contribution in [-0.4, -0.2) is 19.2 Å². The Balaban J connectivity index is 0.00000161. The maximum atomic E-state index is 6.30. The van der Waals surface area contributed by atoms with Gasteiger partial charge < -0.3 is 10.1 Å². The Kier molecular flexibility index (Phi) is 6.26. The standard InChI is InChI=1S/C16H15Br2NO.ClH/c17-14-7-3-1-5-12(14)16(20-11-9-19-10-11)13-6-2-4-8-15(13)18;/h1-8,11,16,19H,9-10H2;1H. The molecule has 21 heavy (non-hydrogen) atoms. The predicted molar refractivity (Wildman–Crippen MR) is 95.1 cm³/mol. The molecule has 1 fully saturated rings. The Hall–Kier alpha value is -0.390. The summed E-state index contributed by atoms with van der Waals surface area (Å²) in [5, 5.41) is 3.25. The van der Waals surface area contributed by atoms with Crippen molar-refractivity contribution < 1.29 is 4.74 Å². The Morgan fingerprint density at radius 1 is 0.905 bits per heavy atom. The van der Waals surface area contributed by atoms with Crippen LogP contribution < -0.4 is 5.32 Å². The van der Waals surface area contributed by atoms with Crippen LogP contribution in [0.25, 0.3) is 0 Å². The maximum Gasteiger partial charge on any atom is 0.110 e. The van der Waals surface area contributed by atoms with Crippen LogP contribution in [0.4, 0.5) is 0 Å². The van der Waals surface area contributed by atoms with Crippen LogP contribution in [0, 0.1) is 0 Å². The van der Waals surface area contributed by atoms with E-state index < -0.39 is 0 Å². The average Bonchev–Trinajstić information content (AvgIpc) is 2.40. The van der Waals surface area contributed by atoms with Gasteiger partial charge in [0.25, 0.3) is 0 Å². The molecule has 1 saturated heterocycles. The molecule has 0 spiro atoms. The molecule has 0 aromatic heterocycles. The molecule has 1 heterocycles. The van der Waals surface area contributed by atoms with Crippen LogP contribution in [-0.2, 0) is 4.74 Å². The zero-order valence-corrected chi connectivity index (χ0v) is 15.2. The van der Waals surface area contributed by atoms with Gasteiger partial charge in [0.05, 0.1) is 6.10 Å². The van der Waals surface area contributed by atoms with Gasteiger partial charge >= 0.3 is 0 Å². The summed E-state index contributed by atoms with van der Waals surface area (Å²) in [5.74, 6) is 0. The molecule has 0 amide bonds. The molecule has 0 radical (unpaired) electrons. The molecular formula is C16H16Br2ClNO. The highest BCUT2D eigenvalue weighted by atomic mass is 79.9. The van der Waals surface area contributed by atoms with Crippen LogP contribution in [0.1, 0.15) is 17.2 Å². The third-order valence-electron chi connectivity index (χ3n) is 3.45. The molecule has 1 aliphatic heterocycles. The first-order valence-electron chi connectivity index (χ1n) is 6.61. The van der Waals surface area contributed by atoms with Crippen molar-refractivity contribution in [3.05, 3.63) is 68.6 Å². The number of hydrogen-bond acceptors (Lipinski definition) is 2. The number of halogens is 3. The number of rotatable bonds is 4. The molecule has 112 valence electrons. The van der Waals surface area contributed by atoms with Crippen molar-refractivity contribution in [3.8, 4) is 0 Å².